The Bertz CT molecular complexity index is 420. The molecule has 1 aromatic heterocycles. The summed E-state index contributed by atoms with van der Waals surface area (Å²) in [5.74, 6) is 3.70. The first-order valence-corrected chi connectivity index (χ1v) is 8.44. The topological polar surface area (TPSA) is 64.9 Å². The van der Waals surface area contributed by atoms with Gasteiger partial charge in [0.05, 0.1) is 10.7 Å². The van der Waals surface area contributed by atoms with E-state index in [0.29, 0.717) is 11.8 Å². The molecule has 1 aliphatic heterocycles. The maximum absolute atomic E-state index is 6.05. The fraction of sp³-hybridized carbons (Fsp3) is 0.857. The first-order chi connectivity index (χ1) is 9.23. The Morgan fingerprint density at radius 2 is 2.16 bits per heavy atom. The lowest BCUT2D eigenvalue weighted by Crippen LogP contribution is -2.39. The predicted molar refractivity (Wildman–Crippen MR) is 77.1 cm³/mol. The Hall–Kier alpha value is -0.550. The lowest BCUT2D eigenvalue weighted by Gasteiger charge is -2.35. The first kappa shape index (κ1) is 13.4. The molecule has 4 nitrogen and oxygen atoms in total. The summed E-state index contributed by atoms with van der Waals surface area (Å²) in [6.45, 7) is 2.94. The van der Waals surface area contributed by atoms with Crippen molar-refractivity contribution in [2.45, 2.75) is 56.1 Å². The van der Waals surface area contributed by atoms with Crippen LogP contribution in [-0.2, 0) is 5.41 Å². The van der Waals surface area contributed by atoms with Crippen LogP contribution in [0.15, 0.2) is 4.52 Å². The van der Waals surface area contributed by atoms with Gasteiger partial charge in [0.2, 0.25) is 5.89 Å². The zero-order chi connectivity index (χ0) is 13.3. The Morgan fingerprint density at radius 3 is 2.79 bits per heavy atom. The van der Waals surface area contributed by atoms with Crippen LogP contribution < -0.4 is 5.73 Å². The number of hydrogen-bond donors (Lipinski definition) is 1. The highest BCUT2D eigenvalue weighted by Gasteiger charge is 2.40. The van der Waals surface area contributed by atoms with Crippen molar-refractivity contribution in [3.63, 3.8) is 0 Å². The van der Waals surface area contributed by atoms with Crippen LogP contribution in [-0.4, -0.2) is 22.4 Å². The zero-order valence-electron chi connectivity index (χ0n) is 11.6. The maximum atomic E-state index is 6.05. The highest BCUT2D eigenvalue weighted by atomic mass is 32.2. The quantitative estimate of drug-likeness (QED) is 0.922. The van der Waals surface area contributed by atoms with Crippen molar-refractivity contribution in [2.24, 2.45) is 11.7 Å². The van der Waals surface area contributed by atoms with E-state index in [9.17, 15) is 0 Å². The molecule has 1 atom stereocenters. The summed E-state index contributed by atoms with van der Waals surface area (Å²) in [6.07, 6.45) is 7.05. The van der Waals surface area contributed by atoms with Crippen molar-refractivity contribution in [3.05, 3.63) is 11.7 Å². The molecule has 1 aromatic rings. The van der Waals surface area contributed by atoms with Crippen LogP contribution in [0.3, 0.4) is 0 Å². The second-order valence-corrected chi connectivity index (χ2v) is 7.44. The van der Waals surface area contributed by atoms with Crippen molar-refractivity contribution in [1.29, 1.82) is 0 Å². The van der Waals surface area contributed by atoms with Gasteiger partial charge in [-0.3, -0.25) is 0 Å². The maximum Gasteiger partial charge on any atom is 0.234 e. The van der Waals surface area contributed by atoms with Crippen molar-refractivity contribution in [2.75, 3.05) is 12.3 Å². The van der Waals surface area contributed by atoms with Gasteiger partial charge in [-0.2, -0.15) is 16.7 Å². The first-order valence-electron chi connectivity index (χ1n) is 7.39. The second kappa shape index (κ2) is 5.44. The van der Waals surface area contributed by atoms with E-state index in [2.05, 4.69) is 12.1 Å². The van der Waals surface area contributed by atoms with E-state index in [1.54, 1.807) is 0 Å². The lowest BCUT2D eigenvalue weighted by molar-refractivity contribution is 0.191. The van der Waals surface area contributed by atoms with Gasteiger partial charge < -0.3 is 10.3 Å². The average Bonchev–Trinajstić information content (AvgIpc) is 3.11. The van der Waals surface area contributed by atoms with Gasteiger partial charge in [0.15, 0.2) is 5.82 Å². The molecule has 0 radical (unpaired) electrons. The standard InChI is InChI=1S/C14H23N3OS/c1-10-4-6-14(9-15,7-5-10)13-16-12(17-18-13)11-3-2-8-19-11/h10-11H,2-9,15H2,1H3. The smallest absolute Gasteiger partial charge is 0.234 e. The van der Waals surface area contributed by atoms with Gasteiger partial charge >= 0.3 is 0 Å². The second-order valence-electron chi connectivity index (χ2n) is 6.13. The van der Waals surface area contributed by atoms with Crippen LogP contribution in [0.4, 0.5) is 0 Å². The van der Waals surface area contributed by atoms with E-state index in [-0.39, 0.29) is 5.41 Å². The third-order valence-corrected chi connectivity index (χ3v) is 6.11. The van der Waals surface area contributed by atoms with Crippen molar-refractivity contribution >= 4 is 11.8 Å². The Morgan fingerprint density at radius 1 is 1.37 bits per heavy atom. The van der Waals surface area contributed by atoms with Gasteiger partial charge in [0.25, 0.3) is 0 Å². The van der Waals surface area contributed by atoms with Gasteiger partial charge in [-0.1, -0.05) is 12.1 Å². The molecule has 106 valence electrons. The molecule has 2 aliphatic rings. The van der Waals surface area contributed by atoms with E-state index in [0.717, 1.165) is 30.5 Å². The molecule has 0 aromatic carbocycles. The predicted octanol–water partition coefficient (Wildman–Crippen LogP) is 3.04. The molecule has 3 rings (SSSR count). The van der Waals surface area contributed by atoms with Crippen molar-refractivity contribution < 1.29 is 4.52 Å². The average molecular weight is 281 g/mol. The third-order valence-electron chi connectivity index (χ3n) is 4.74. The van der Waals surface area contributed by atoms with Gasteiger partial charge in [0.1, 0.15) is 0 Å². The summed E-state index contributed by atoms with van der Waals surface area (Å²) in [5, 5.41) is 4.66. The number of nitrogens with two attached hydrogens (primary N) is 1. The van der Waals surface area contributed by atoms with E-state index >= 15 is 0 Å². The number of hydrogen-bond acceptors (Lipinski definition) is 5. The van der Waals surface area contributed by atoms with Crippen LogP contribution in [0.2, 0.25) is 0 Å². The molecule has 1 unspecified atom stereocenters. The molecular formula is C14H23N3OS. The fourth-order valence-corrected chi connectivity index (χ4v) is 4.38. The summed E-state index contributed by atoms with van der Waals surface area (Å²) in [4.78, 5) is 4.71. The van der Waals surface area contributed by atoms with Crippen molar-refractivity contribution in [1.82, 2.24) is 10.1 Å². The highest BCUT2D eigenvalue weighted by molar-refractivity contribution is 7.99. The van der Waals surface area contributed by atoms with Crippen LogP contribution in [0, 0.1) is 5.92 Å². The monoisotopic (exact) mass is 281 g/mol. The van der Waals surface area contributed by atoms with Crippen LogP contribution in [0.25, 0.3) is 0 Å². The summed E-state index contributed by atoms with van der Waals surface area (Å²) in [6, 6.07) is 0. The summed E-state index contributed by atoms with van der Waals surface area (Å²) in [5.41, 5.74) is 5.99. The Labute approximate surface area is 118 Å². The molecule has 1 saturated heterocycles. The molecule has 5 heteroatoms. The summed E-state index contributed by atoms with van der Waals surface area (Å²) in [7, 11) is 0. The molecule has 2 heterocycles. The molecular weight excluding hydrogens is 258 g/mol. The molecule has 2 N–H and O–H groups in total. The Kier molecular flexibility index (Phi) is 3.85. The minimum atomic E-state index is -0.0545. The number of aromatic nitrogens is 2. The van der Waals surface area contributed by atoms with Crippen LogP contribution in [0.5, 0.6) is 0 Å². The SMILES string of the molecule is CC1CCC(CN)(c2nc(C3CCCS3)no2)CC1. The van der Waals surface area contributed by atoms with E-state index < -0.39 is 0 Å². The largest absolute Gasteiger partial charge is 0.339 e. The van der Waals surface area contributed by atoms with E-state index in [4.69, 9.17) is 15.2 Å². The van der Waals surface area contributed by atoms with E-state index in [1.807, 2.05) is 11.8 Å². The van der Waals surface area contributed by atoms with Crippen LogP contribution in [0.1, 0.15) is 62.4 Å². The molecule has 0 amide bonds. The fourth-order valence-electron chi connectivity index (χ4n) is 3.18. The normalized spacial score (nSPS) is 35.7. The molecule has 2 fully saturated rings. The van der Waals surface area contributed by atoms with Crippen molar-refractivity contribution in [3.8, 4) is 0 Å². The minimum absolute atomic E-state index is 0.0545. The third kappa shape index (κ3) is 2.55. The molecule has 19 heavy (non-hydrogen) atoms. The molecule has 1 aliphatic carbocycles. The molecule has 1 saturated carbocycles. The summed E-state index contributed by atoms with van der Waals surface area (Å²) >= 11 is 1.95. The molecule has 0 bridgehead atoms. The van der Waals surface area contributed by atoms with Gasteiger partial charge in [-0.15, -0.1) is 0 Å². The number of nitrogens with zero attached hydrogens (tertiary/aromatic N) is 2. The van der Waals surface area contributed by atoms with E-state index in [1.165, 1.54) is 31.4 Å². The number of thioether (sulfide) groups is 1. The summed E-state index contributed by atoms with van der Waals surface area (Å²) < 4.78 is 5.59. The van der Waals surface area contributed by atoms with Gasteiger partial charge in [-0.05, 0) is 50.2 Å². The highest BCUT2D eigenvalue weighted by Crippen LogP contribution is 2.42. The Balaban J connectivity index is 1.79. The van der Waals surface area contributed by atoms with Crippen LogP contribution >= 0.6 is 11.8 Å². The van der Waals surface area contributed by atoms with Gasteiger partial charge in [-0.25, -0.2) is 0 Å². The molecule has 0 spiro atoms. The van der Waals surface area contributed by atoms with Gasteiger partial charge in [0, 0.05) is 6.54 Å². The number of rotatable bonds is 3. The minimum Gasteiger partial charge on any atom is -0.339 e. The zero-order valence-corrected chi connectivity index (χ0v) is 12.4. The lowest BCUT2D eigenvalue weighted by atomic mass is 9.71.